The summed E-state index contributed by atoms with van der Waals surface area (Å²) < 4.78 is 36.8. The third kappa shape index (κ3) is 6.84. The number of ether oxygens (including phenoxy) is 1. The van der Waals surface area contributed by atoms with Crippen LogP contribution in [-0.2, 0) is 6.54 Å². The quantitative estimate of drug-likeness (QED) is 0.440. The van der Waals surface area contributed by atoms with Crippen LogP contribution >= 0.6 is 23.5 Å². The highest BCUT2D eigenvalue weighted by atomic mass is 35.5. The van der Waals surface area contributed by atoms with Crippen LogP contribution < -0.4 is 9.46 Å². The number of nitrogens with zero attached hydrogens (tertiary/aromatic N) is 1. The van der Waals surface area contributed by atoms with Crippen molar-refractivity contribution in [2.45, 2.75) is 58.1 Å². The average molecular weight is 497 g/mol. The van der Waals surface area contributed by atoms with E-state index in [1.807, 2.05) is 13.8 Å². The molecule has 2 aromatic rings. The second-order valence-corrected chi connectivity index (χ2v) is 9.15. The Balaban J connectivity index is 0.00000149. The molecule has 1 saturated heterocycles. The van der Waals surface area contributed by atoms with E-state index in [0.29, 0.717) is 29.8 Å². The Bertz CT molecular complexity index is 972. The molecule has 1 atom stereocenters. The van der Waals surface area contributed by atoms with Gasteiger partial charge in [0.2, 0.25) is 0 Å². The van der Waals surface area contributed by atoms with E-state index in [-0.39, 0.29) is 17.5 Å². The zero-order chi connectivity index (χ0) is 24.0. The maximum Gasteiger partial charge on any atom is 0.264 e. The lowest BCUT2D eigenvalue weighted by Gasteiger charge is -2.33. The fraction of sp³-hybridized carbons (Fsp3) is 0.480. The molecule has 8 heteroatoms. The summed E-state index contributed by atoms with van der Waals surface area (Å²) in [6, 6.07) is 7.46. The molecule has 4 rings (SSSR count). The van der Waals surface area contributed by atoms with Gasteiger partial charge >= 0.3 is 0 Å². The molecule has 1 N–H and O–H groups in total. The van der Waals surface area contributed by atoms with Gasteiger partial charge in [0.15, 0.2) is 0 Å². The van der Waals surface area contributed by atoms with Crippen LogP contribution in [-0.4, -0.2) is 36.3 Å². The predicted octanol–water partition coefficient (Wildman–Crippen LogP) is 6.57. The Kier molecular flexibility index (Phi) is 9.41. The minimum absolute atomic E-state index is 0.0554. The number of nitrogens with one attached hydrogen (secondary N) is 1. The molecule has 180 valence electrons. The lowest BCUT2D eigenvalue weighted by molar-refractivity contribution is 0.0832. The van der Waals surface area contributed by atoms with Crippen LogP contribution in [0, 0.1) is 11.6 Å². The summed E-state index contributed by atoms with van der Waals surface area (Å²) in [6.07, 6.45) is 5.49. The van der Waals surface area contributed by atoms with Crippen LogP contribution in [0.25, 0.3) is 0 Å². The van der Waals surface area contributed by atoms with E-state index in [4.69, 9.17) is 16.3 Å². The summed E-state index contributed by atoms with van der Waals surface area (Å²) in [5.74, 6) is -0.505. The second kappa shape index (κ2) is 12.0. The van der Waals surface area contributed by atoms with Crippen molar-refractivity contribution in [2.75, 3.05) is 19.3 Å². The van der Waals surface area contributed by atoms with Gasteiger partial charge in [-0.05, 0) is 67.5 Å². The van der Waals surface area contributed by atoms with Gasteiger partial charge in [0.25, 0.3) is 5.91 Å². The Morgan fingerprint density at radius 2 is 1.97 bits per heavy atom. The number of carbonyl (C=O) groups is 1. The number of amides is 1. The summed E-state index contributed by atoms with van der Waals surface area (Å²) in [5, 5.41) is 0.417. The Morgan fingerprint density at radius 1 is 1.21 bits per heavy atom. The van der Waals surface area contributed by atoms with Gasteiger partial charge in [-0.15, -0.1) is 0 Å². The highest BCUT2D eigenvalue weighted by Crippen LogP contribution is 2.45. The molecule has 1 amide bonds. The highest BCUT2D eigenvalue weighted by Gasteiger charge is 2.31. The van der Waals surface area contributed by atoms with Crippen LogP contribution in [0.15, 0.2) is 30.3 Å². The Hall–Kier alpha value is -1.83. The minimum atomic E-state index is -0.572. The first-order chi connectivity index (χ1) is 15.9. The zero-order valence-electron chi connectivity index (χ0n) is 19.3. The molecule has 0 spiro atoms. The average Bonchev–Trinajstić information content (AvgIpc) is 3.63. The smallest absolute Gasteiger partial charge is 0.264 e. The van der Waals surface area contributed by atoms with Crippen molar-refractivity contribution < 1.29 is 18.3 Å². The van der Waals surface area contributed by atoms with Gasteiger partial charge < -0.3 is 4.74 Å². The zero-order valence-corrected chi connectivity index (χ0v) is 20.9. The van der Waals surface area contributed by atoms with Gasteiger partial charge in [0.05, 0.1) is 5.56 Å². The first kappa shape index (κ1) is 25.8. The van der Waals surface area contributed by atoms with Crippen LogP contribution in [0.2, 0.25) is 5.02 Å². The Labute approximate surface area is 204 Å². The molecule has 33 heavy (non-hydrogen) atoms. The molecule has 1 aliphatic carbocycles. The van der Waals surface area contributed by atoms with E-state index in [1.165, 1.54) is 18.2 Å². The van der Waals surface area contributed by atoms with E-state index in [9.17, 15) is 13.6 Å². The fourth-order valence-electron chi connectivity index (χ4n) is 4.03. The minimum Gasteiger partial charge on any atom is -0.489 e. The lowest BCUT2D eigenvalue weighted by atomic mass is 10.0. The highest BCUT2D eigenvalue weighted by molar-refractivity contribution is 7.97. The number of hydrogen-bond donors (Lipinski definition) is 1. The molecule has 0 aromatic heterocycles. The predicted molar refractivity (Wildman–Crippen MR) is 131 cm³/mol. The molecule has 2 aliphatic rings. The number of hydrogen-bond acceptors (Lipinski definition) is 4. The molecule has 1 heterocycles. The van der Waals surface area contributed by atoms with Crippen molar-refractivity contribution in [3.05, 3.63) is 63.7 Å². The van der Waals surface area contributed by atoms with Crippen molar-refractivity contribution in [1.82, 2.24) is 9.62 Å². The van der Waals surface area contributed by atoms with Crippen molar-refractivity contribution in [1.29, 1.82) is 0 Å². The van der Waals surface area contributed by atoms with Crippen LogP contribution in [0.3, 0.4) is 0 Å². The number of piperidine rings is 1. The van der Waals surface area contributed by atoms with Gasteiger partial charge in [-0.25, -0.2) is 8.78 Å². The molecule has 2 fully saturated rings. The molecule has 0 unspecified atom stereocenters. The maximum atomic E-state index is 14.7. The van der Waals surface area contributed by atoms with Crippen LogP contribution in [0.4, 0.5) is 8.78 Å². The Morgan fingerprint density at radius 3 is 2.64 bits per heavy atom. The summed E-state index contributed by atoms with van der Waals surface area (Å²) in [5.41, 5.74) is 1.84. The van der Waals surface area contributed by atoms with Crippen LogP contribution in [0.1, 0.15) is 66.9 Å². The number of carbonyl (C=O) groups excluding carboxylic acids is 1. The summed E-state index contributed by atoms with van der Waals surface area (Å²) >= 11 is 7.33. The normalized spacial score (nSPS) is 18.3. The van der Waals surface area contributed by atoms with Gasteiger partial charge in [-0.1, -0.05) is 43.5 Å². The van der Waals surface area contributed by atoms with Gasteiger partial charge in [-0.3, -0.25) is 14.4 Å². The monoisotopic (exact) mass is 496 g/mol. The number of halogens is 3. The standard InChI is InChI=1S/C23H25ClF2N2O2S.C2H6/c1-31-27-23(29)19-10-18(14-4-5-14)22(11-21(19)26)30-17-3-2-8-28(13-17)12-15-6-7-16(25)9-20(15)24;1-2/h6-7,9-11,14,17H,2-5,8,12-13H2,1H3,(H,27,29);1-2H3/t17-;/m1./s1. The molecule has 4 nitrogen and oxygen atoms in total. The number of rotatable bonds is 7. The van der Waals surface area contributed by atoms with E-state index >= 15 is 0 Å². The van der Waals surface area contributed by atoms with Crippen molar-refractivity contribution in [2.24, 2.45) is 0 Å². The molecular weight excluding hydrogens is 466 g/mol. The maximum absolute atomic E-state index is 14.7. The van der Waals surface area contributed by atoms with Gasteiger partial charge in [0, 0.05) is 30.4 Å². The molecule has 2 aromatic carbocycles. The molecule has 1 aliphatic heterocycles. The van der Waals surface area contributed by atoms with E-state index in [2.05, 4.69) is 9.62 Å². The molecular formula is C25H31ClF2N2O2S. The largest absolute Gasteiger partial charge is 0.489 e. The summed E-state index contributed by atoms with van der Waals surface area (Å²) in [6.45, 7) is 6.18. The van der Waals surface area contributed by atoms with Crippen molar-refractivity contribution in [3.63, 3.8) is 0 Å². The van der Waals surface area contributed by atoms with E-state index in [0.717, 1.165) is 55.3 Å². The first-order valence-corrected chi connectivity index (χ1v) is 13.0. The fourth-order valence-corrected chi connectivity index (χ4v) is 4.55. The topological polar surface area (TPSA) is 41.6 Å². The van der Waals surface area contributed by atoms with E-state index < -0.39 is 11.7 Å². The SMILES string of the molecule is CC.CSNC(=O)c1cc(C2CC2)c(O[C@@H]2CCCN(Cc3ccc(F)cc3Cl)C2)cc1F. The van der Waals surface area contributed by atoms with Crippen molar-refractivity contribution >= 4 is 29.5 Å². The van der Waals surface area contributed by atoms with Gasteiger partial charge in [-0.2, -0.15) is 0 Å². The third-order valence-corrected chi connectivity index (χ3v) is 6.46. The van der Waals surface area contributed by atoms with Crippen molar-refractivity contribution in [3.8, 4) is 5.75 Å². The lowest BCUT2D eigenvalue weighted by Crippen LogP contribution is -2.40. The summed E-state index contributed by atoms with van der Waals surface area (Å²) in [7, 11) is 0. The second-order valence-electron chi connectivity index (χ2n) is 8.13. The number of likely N-dealkylation sites (tertiary alicyclic amines) is 1. The molecule has 0 radical (unpaired) electrons. The third-order valence-electron chi connectivity index (χ3n) is 5.72. The van der Waals surface area contributed by atoms with Crippen LogP contribution in [0.5, 0.6) is 5.75 Å². The summed E-state index contributed by atoms with van der Waals surface area (Å²) in [4.78, 5) is 14.4. The first-order valence-electron chi connectivity index (χ1n) is 11.4. The number of benzene rings is 2. The molecule has 1 saturated carbocycles. The molecule has 0 bridgehead atoms. The van der Waals surface area contributed by atoms with E-state index in [1.54, 1.807) is 18.4 Å². The van der Waals surface area contributed by atoms with Gasteiger partial charge in [0.1, 0.15) is 23.5 Å².